The van der Waals surface area contributed by atoms with E-state index in [2.05, 4.69) is 0 Å². The van der Waals surface area contributed by atoms with Crippen molar-refractivity contribution in [2.45, 2.75) is 77.5 Å². The first-order valence-electron chi connectivity index (χ1n) is 11.8. The molecule has 1 saturated heterocycles. The number of esters is 1. The van der Waals surface area contributed by atoms with Gasteiger partial charge >= 0.3 is 13.8 Å². The maximum atomic E-state index is 13.9. The summed E-state index contributed by atoms with van der Waals surface area (Å²) in [6.07, 6.45) is -2.04. The average molecular weight is 505 g/mol. The van der Waals surface area contributed by atoms with Gasteiger partial charge in [-0.1, -0.05) is 67.6 Å². The van der Waals surface area contributed by atoms with Gasteiger partial charge in [0.15, 0.2) is 11.9 Å². The van der Waals surface area contributed by atoms with Crippen LogP contribution in [0.2, 0.25) is 0 Å². The van der Waals surface area contributed by atoms with Crippen molar-refractivity contribution in [1.29, 1.82) is 0 Å². The maximum absolute atomic E-state index is 13.9. The summed E-state index contributed by atoms with van der Waals surface area (Å²) in [4.78, 5) is 12.0. The van der Waals surface area contributed by atoms with Crippen molar-refractivity contribution in [3.8, 4) is 0 Å². The van der Waals surface area contributed by atoms with Crippen molar-refractivity contribution in [3.63, 3.8) is 0 Å². The zero-order valence-corrected chi connectivity index (χ0v) is 21.4. The van der Waals surface area contributed by atoms with E-state index in [-0.39, 0.29) is 25.2 Å². The lowest BCUT2D eigenvalue weighted by Crippen LogP contribution is -2.53. The van der Waals surface area contributed by atoms with E-state index in [1.165, 1.54) is 6.92 Å². The lowest BCUT2D eigenvalue weighted by atomic mass is 9.82. The predicted molar refractivity (Wildman–Crippen MR) is 128 cm³/mol. The molecule has 2 aromatic rings. The standard InChI is InChI=1S/C26H33O8P/c1-18-15-22(24(31-19(2)27)25-23(18)32-26(3,4)33-25)34-35(28,29-16-20-11-7-5-8-12-20)30-17-21-13-9-6-10-14-21/h5-14,18,22-25H,15-17H2,1-4H3/t18-,22+,23-,24-,25-/m1/s1. The maximum Gasteiger partial charge on any atom is 0.475 e. The van der Waals surface area contributed by atoms with E-state index in [0.717, 1.165) is 11.1 Å². The Labute approximate surface area is 206 Å². The summed E-state index contributed by atoms with van der Waals surface area (Å²) in [7, 11) is -4.08. The first-order chi connectivity index (χ1) is 16.6. The number of hydrogen-bond acceptors (Lipinski definition) is 8. The first kappa shape index (κ1) is 26.0. The number of phosphoric ester groups is 1. The van der Waals surface area contributed by atoms with Gasteiger partial charge in [-0.05, 0) is 37.3 Å². The molecule has 0 unspecified atom stereocenters. The van der Waals surface area contributed by atoms with Gasteiger partial charge < -0.3 is 14.2 Å². The minimum Gasteiger partial charge on any atom is -0.457 e. The fraction of sp³-hybridized carbons (Fsp3) is 0.500. The lowest BCUT2D eigenvalue weighted by Gasteiger charge is -2.40. The second kappa shape index (κ2) is 10.9. The van der Waals surface area contributed by atoms with Gasteiger partial charge in [-0.15, -0.1) is 0 Å². The van der Waals surface area contributed by atoms with Crippen molar-refractivity contribution >= 4 is 13.8 Å². The summed E-state index contributed by atoms with van der Waals surface area (Å²) in [6.45, 7) is 7.02. The molecule has 1 saturated carbocycles. The molecule has 35 heavy (non-hydrogen) atoms. The molecule has 1 heterocycles. The van der Waals surface area contributed by atoms with Crippen LogP contribution in [0.5, 0.6) is 0 Å². The molecule has 0 N–H and O–H groups in total. The van der Waals surface area contributed by atoms with Crippen LogP contribution >= 0.6 is 7.82 Å². The molecule has 1 aliphatic heterocycles. The van der Waals surface area contributed by atoms with Crippen molar-refractivity contribution < 1.29 is 37.1 Å². The molecule has 5 atom stereocenters. The summed E-state index contributed by atoms with van der Waals surface area (Å²) in [6, 6.07) is 18.7. The third-order valence-electron chi connectivity index (χ3n) is 6.05. The highest BCUT2D eigenvalue weighted by atomic mass is 31.2. The SMILES string of the molecule is CC(=O)O[C@H]1[C@@H]2OC(C)(C)O[C@@H]2[C@H](C)C[C@@H]1OP(=O)(OCc1ccccc1)OCc1ccccc1. The number of phosphoric acid groups is 1. The number of hydrogen-bond donors (Lipinski definition) is 0. The van der Waals surface area contributed by atoms with E-state index in [0.29, 0.717) is 6.42 Å². The summed E-state index contributed by atoms with van der Waals surface area (Å²) in [5.41, 5.74) is 1.64. The second-order valence-corrected chi connectivity index (χ2v) is 11.1. The molecule has 2 aliphatic rings. The zero-order chi connectivity index (χ0) is 25.1. The van der Waals surface area contributed by atoms with Crippen LogP contribution in [0.3, 0.4) is 0 Å². The molecule has 0 amide bonds. The van der Waals surface area contributed by atoms with E-state index in [1.54, 1.807) is 0 Å². The normalized spacial score (nSPS) is 27.8. The van der Waals surface area contributed by atoms with Crippen molar-refractivity contribution in [2.24, 2.45) is 5.92 Å². The van der Waals surface area contributed by atoms with Gasteiger partial charge in [0, 0.05) is 6.92 Å². The average Bonchev–Trinajstić information content (AvgIpc) is 3.16. The largest absolute Gasteiger partial charge is 0.475 e. The third kappa shape index (κ3) is 6.79. The van der Waals surface area contributed by atoms with Gasteiger partial charge in [0.2, 0.25) is 0 Å². The molecule has 9 heteroatoms. The Morgan fingerprint density at radius 3 is 1.97 bits per heavy atom. The number of ether oxygens (including phenoxy) is 3. The van der Waals surface area contributed by atoms with E-state index >= 15 is 0 Å². The molecule has 8 nitrogen and oxygen atoms in total. The Bertz CT molecular complexity index is 981. The van der Waals surface area contributed by atoms with Gasteiger partial charge in [0.1, 0.15) is 12.2 Å². The highest BCUT2D eigenvalue weighted by Crippen LogP contribution is 2.55. The molecule has 2 fully saturated rings. The Morgan fingerprint density at radius 2 is 1.46 bits per heavy atom. The third-order valence-corrected chi connectivity index (χ3v) is 7.47. The Morgan fingerprint density at radius 1 is 0.943 bits per heavy atom. The summed E-state index contributed by atoms with van der Waals surface area (Å²) >= 11 is 0. The molecule has 0 radical (unpaired) electrons. The van der Waals surface area contributed by atoms with Crippen LogP contribution < -0.4 is 0 Å². The topological polar surface area (TPSA) is 89.5 Å². The molecule has 2 aromatic carbocycles. The van der Waals surface area contributed by atoms with Crippen LogP contribution in [0.25, 0.3) is 0 Å². The van der Waals surface area contributed by atoms with E-state index in [4.69, 9.17) is 27.8 Å². The molecular weight excluding hydrogens is 471 g/mol. The van der Waals surface area contributed by atoms with Crippen LogP contribution in [0.1, 0.15) is 45.2 Å². The van der Waals surface area contributed by atoms with Crippen molar-refractivity contribution in [2.75, 3.05) is 0 Å². The van der Waals surface area contributed by atoms with Crippen LogP contribution in [0, 0.1) is 5.92 Å². The van der Waals surface area contributed by atoms with Crippen molar-refractivity contribution in [1.82, 2.24) is 0 Å². The molecule has 0 spiro atoms. The molecular formula is C26H33O8P. The van der Waals surface area contributed by atoms with Gasteiger partial charge in [-0.25, -0.2) is 4.57 Å². The molecule has 0 aromatic heterocycles. The van der Waals surface area contributed by atoms with Gasteiger partial charge in [0.05, 0.1) is 19.3 Å². The molecule has 190 valence electrons. The molecule has 1 aliphatic carbocycles. The number of carbonyl (C=O) groups is 1. The smallest absolute Gasteiger partial charge is 0.457 e. The highest BCUT2D eigenvalue weighted by molar-refractivity contribution is 7.48. The summed E-state index contributed by atoms with van der Waals surface area (Å²) in [5.74, 6) is -1.33. The lowest BCUT2D eigenvalue weighted by molar-refractivity contribution is -0.180. The number of benzene rings is 2. The Hall–Kier alpha value is -2.06. The molecule has 0 bridgehead atoms. The quantitative estimate of drug-likeness (QED) is 0.331. The van der Waals surface area contributed by atoms with Crippen molar-refractivity contribution in [3.05, 3.63) is 71.8 Å². The fourth-order valence-electron chi connectivity index (χ4n) is 4.51. The Kier molecular flexibility index (Phi) is 8.11. The predicted octanol–water partition coefficient (Wildman–Crippen LogP) is 5.40. The van der Waals surface area contributed by atoms with Crippen LogP contribution in [-0.4, -0.2) is 36.2 Å². The Balaban J connectivity index is 1.56. The van der Waals surface area contributed by atoms with E-state index < -0.39 is 37.9 Å². The van der Waals surface area contributed by atoms with Gasteiger partial charge in [0.25, 0.3) is 0 Å². The minimum absolute atomic E-state index is 0.00437. The summed E-state index contributed by atoms with van der Waals surface area (Å²) < 4.78 is 49.3. The van der Waals surface area contributed by atoms with Crippen LogP contribution in [0.4, 0.5) is 0 Å². The first-order valence-corrected chi connectivity index (χ1v) is 13.3. The minimum atomic E-state index is -4.08. The number of fused-ring (bicyclic) bond motifs is 1. The molecule has 4 rings (SSSR count). The number of carbonyl (C=O) groups excluding carboxylic acids is 1. The summed E-state index contributed by atoms with van der Waals surface area (Å²) in [5, 5.41) is 0. The van der Waals surface area contributed by atoms with Gasteiger partial charge in [-0.2, -0.15) is 0 Å². The van der Waals surface area contributed by atoms with Crippen LogP contribution in [-0.2, 0) is 50.4 Å². The monoisotopic (exact) mass is 504 g/mol. The van der Waals surface area contributed by atoms with Crippen LogP contribution in [0.15, 0.2) is 60.7 Å². The van der Waals surface area contributed by atoms with Gasteiger partial charge in [-0.3, -0.25) is 18.4 Å². The van der Waals surface area contributed by atoms with E-state index in [9.17, 15) is 9.36 Å². The number of rotatable bonds is 9. The highest BCUT2D eigenvalue weighted by Gasteiger charge is 2.56. The van der Waals surface area contributed by atoms with E-state index in [1.807, 2.05) is 81.4 Å². The fourth-order valence-corrected chi connectivity index (χ4v) is 5.86. The second-order valence-electron chi connectivity index (χ2n) is 9.46. The zero-order valence-electron chi connectivity index (χ0n) is 20.5.